The molecule has 0 radical (unpaired) electrons. The molecule has 0 amide bonds. The normalized spacial score (nSPS) is 14.9. The summed E-state index contributed by atoms with van der Waals surface area (Å²) < 4.78 is 0.878. The van der Waals surface area contributed by atoms with Crippen LogP contribution < -0.4 is 0 Å². The molecule has 4 heteroatoms. The topological polar surface area (TPSA) is 37.3 Å². The maximum absolute atomic E-state index is 10.7. The smallest absolute Gasteiger partial charge is 0.307 e. The fourth-order valence-electron chi connectivity index (χ4n) is 0.863. The van der Waals surface area contributed by atoms with Crippen LogP contribution in [0.2, 0.25) is 0 Å². The van der Waals surface area contributed by atoms with Gasteiger partial charge in [0, 0.05) is 4.48 Å². The monoisotopic (exact) mass is 298 g/mol. The van der Waals surface area contributed by atoms with Gasteiger partial charge in [0.2, 0.25) is 0 Å². The molecule has 0 bridgehead atoms. The third-order valence-corrected chi connectivity index (χ3v) is 3.37. The second-order valence-electron chi connectivity index (χ2n) is 2.95. The first-order chi connectivity index (χ1) is 5.49. The number of allylic oxidation sites excluding steroid dienone is 1. The van der Waals surface area contributed by atoms with Crippen molar-refractivity contribution in [1.29, 1.82) is 0 Å². The van der Waals surface area contributed by atoms with E-state index in [1.165, 1.54) is 0 Å². The summed E-state index contributed by atoms with van der Waals surface area (Å²) in [7, 11) is 0. The van der Waals surface area contributed by atoms with Crippen LogP contribution in [0.3, 0.4) is 0 Å². The number of carboxylic acids is 1. The highest BCUT2D eigenvalue weighted by molar-refractivity contribution is 9.14. The summed E-state index contributed by atoms with van der Waals surface area (Å²) in [4.78, 5) is 12.4. The van der Waals surface area contributed by atoms with Crippen molar-refractivity contribution >= 4 is 37.8 Å². The molecule has 0 aromatic heterocycles. The number of carbonyl (C=O) groups is 1. The van der Waals surface area contributed by atoms with Gasteiger partial charge >= 0.3 is 5.97 Å². The molecule has 0 heterocycles. The first-order valence-electron chi connectivity index (χ1n) is 3.66. The molecule has 0 aromatic rings. The van der Waals surface area contributed by atoms with Crippen molar-refractivity contribution < 1.29 is 9.90 Å². The summed E-state index contributed by atoms with van der Waals surface area (Å²) >= 11 is 6.40. The van der Waals surface area contributed by atoms with E-state index in [2.05, 4.69) is 31.9 Å². The Morgan fingerprint density at radius 1 is 1.58 bits per heavy atom. The Morgan fingerprint density at radius 2 is 2.08 bits per heavy atom. The highest BCUT2D eigenvalue weighted by atomic mass is 79.9. The lowest BCUT2D eigenvalue weighted by molar-refractivity contribution is -0.143. The fourth-order valence-corrected chi connectivity index (χ4v) is 1.40. The van der Waals surface area contributed by atoms with E-state index < -0.39 is 5.97 Å². The lowest BCUT2D eigenvalue weighted by Crippen LogP contribution is -2.19. The van der Waals surface area contributed by atoms with Crippen LogP contribution in [0.5, 0.6) is 0 Å². The van der Waals surface area contributed by atoms with Crippen LogP contribution in [-0.2, 0) is 4.79 Å². The molecule has 0 saturated heterocycles. The summed E-state index contributed by atoms with van der Waals surface area (Å²) in [5.74, 6) is -0.896. The number of halogens is 2. The summed E-state index contributed by atoms with van der Waals surface area (Å²) in [6, 6.07) is 0. The summed E-state index contributed by atoms with van der Waals surface area (Å²) in [5, 5.41) is 8.82. The molecule has 0 aromatic carbocycles. The van der Waals surface area contributed by atoms with E-state index in [0.717, 1.165) is 4.48 Å². The third kappa shape index (κ3) is 4.26. The minimum Gasteiger partial charge on any atom is -0.481 e. The average molecular weight is 300 g/mol. The van der Waals surface area contributed by atoms with Gasteiger partial charge in [-0.25, -0.2) is 0 Å². The van der Waals surface area contributed by atoms with Crippen molar-refractivity contribution in [2.75, 3.05) is 0 Å². The molecule has 0 fully saturated rings. The van der Waals surface area contributed by atoms with E-state index in [-0.39, 0.29) is 11.8 Å². The van der Waals surface area contributed by atoms with Gasteiger partial charge in [0.1, 0.15) is 0 Å². The Balaban J connectivity index is 4.24. The standard InChI is InChI=1S/C8H12Br2O2/c1-5(2)7(8(11)12)3-6(10)4-9/h4-5,7H,3H2,1-2H3,(H,11,12). The van der Waals surface area contributed by atoms with Crippen molar-refractivity contribution in [3.63, 3.8) is 0 Å². The lowest BCUT2D eigenvalue weighted by atomic mass is 9.93. The second-order valence-corrected chi connectivity index (χ2v) is 4.43. The van der Waals surface area contributed by atoms with Crippen LogP contribution in [-0.4, -0.2) is 11.1 Å². The SMILES string of the molecule is CC(C)C(CC(Br)=CBr)C(=O)O. The van der Waals surface area contributed by atoms with E-state index in [9.17, 15) is 4.79 Å². The molecule has 70 valence electrons. The van der Waals surface area contributed by atoms with Crippen LogP contribution in [0.1, 0.15) is 20.3 Å². The number of carboxylic acid groups (broad SMARTS) is 1. The number of hydrogen-bond donors (Lipinski definition) is 1. The summed E-state index contributed by atoms with van der Waals surface area (Å²) in [6.07, 6.45) is 0.540. The molecule has 0 aliphatic carbocycles. The zero-order valence-electron chi connectivity index (χ0n) is 7.05. The summed E-state index contributed by atoms with van der Waals surface area (Å²) in [5.41, 5.74) is 0. The van der Waals surface area contributed by atoms with Crippen molar-refractivity contribution in [3.05, 3.63) is 9.47 Å². The highest BCUT2D eigenvalue weighted by Crippen LogP contribution is 2.24. The Bertz CT molecular complexity index is 187. The number of rotatable bonds is 4. The zero-order chi connectivity index (χ0) is 9.72. The van der Waals surface area contributed by atoms with E-state index in [1.807, 2.05) is 13.8 Å². The lowest BCUT2D eigenvalue weighted by Gasteiger charge is -2.14. The van der Waals surface area contributed by atoms with Gasteiger partial charge in [-0.3, -0.25) is 4.79 Å². The van der Waals surface area contributed by atoms with Crippen LogP contribution in [0.15, 0.2) is 9.47 Å². The van der Waals surface area contributed by atoms with E-state index in [4.69, 9.17) is 5.11 Å². The molecule has 0 aliphatic heterocycles. The molecular formula is C8H12Br2O2. The minimum atomic E-state index is -0.740. The molecule has 0 saturated carbocycles. The maximum atomic E-state index is 10.7. The molecular weight excluding hydrogens is 288 g/mol. The fraction of sp³-hybridized carbons (Fsp3) is 0.625. The predicted octanol–water partition coefficient (Wildman–Crippen LogP) is 3.36. The number of aliphatic carboxylic acids is 1. The van der Waals surface area contributed by atoms with E-state index >= 15 is 0 Å². The third-order valence-electron chi connectivity index (χ3n) is 1.66. The van der Waals surface area contributed by atoms with Crippen molar-refractivity contribution in [2.45, 2.75) is 20.3 Å². The van der Waals surface area contributed by atoms with Gasteiger partial charge in [0.15, 0.2) is 0 Å². The Labute approximate surface area is 89.3 Å². The Morgan fingerprint density at radius 3 is 2.33 bits per heavy atom. The first-order valence-corrected chi connectivity index (χ1v) is 5.37. The minimum absolute atomic E-state index is 0.155. The van der Waals surface area contributed by atoms with Crippen LogP contribution >= 0.6 is 31.9 Å². The molecule has 1 unspecified atom stereocenters. The van der Waals surface area contributed by atoms with Crippen molar-refractivity contribution in [1.82, 2.24) is 0 Å². The van der Waals surface area contributed by atoms with Gasteiger partial charge in [0.25, 0.3) is 0 Å². The van der Waals surface area contributed by atoms with E-state index in [1.54, 1.807) is 4.99 Å². The Hall–Kier alpha value is 0.170. The molecule has 0 rings (SSSR count). The summed E-state index contributed by atoms with van der Waals surface area (Å²) in [6.45, 7) is 3.82. The molecule has 2 nitrogen and oxygen atoms in total. The molecule has 1 N–H and O–H groups in total. The van der Waals surface area contributed by atoms with Crippen LogP contribution in [0.25, 0.3) is 0 Å². The number of hydrogen-bond acceptors (Lipinski definition) is 1. The zero-order valence-corrected chi connectivity index (χ0v) is 10.2. The van der Waals surface area contributed by atoms with Crippen molar-refractivity contribution in [2.24, 2.45) is 11.8 Å². The van der Waals surface area contributed by atoms with Gasteiger partial charge in [-0.1, -0.05) is 45.7 Å². The maximum Gasteiger partial charge on any atom is 0.307 e. The molecule has 0 spiro atoms. The van der Waals surface area contributed by atoms with Gasteiger partial charge < -0.3 is 5.11 Å². The highest BCUT2D eigenvalue weighted by Gasteiger charge is 2.21. The predicted molar refractivity (Wildman–Crippen MR) is 56.5 cm³/mol. The van der Waals surface area contributed by atoms with Crippen LogP contribution in [0.4, 0.5) is 0 Å². The first kappa shape index (κ1) is 12.2. The van der Waals surface area contributed by atoms with Gasteiger partial charge in [-0.05, 0) is 17.3 Å². The van der Waals surface area contributed by atoms with Gasteiger partial charge in [-0.2, -0.15) is 0 Å². The quantitative estimate of drug-likeness (QED) is 0.864. The molecule has 0 aliphatic rings. The molecule has 1 atom stereocenters. The second kappa shape index (κ2) is 5.75. The van der Waals surface area contributed by atoms with Gasteiger partial charge in [-0.15, -0.1) is 0 Å². The average Bonchev–Trinajstić information content (AvgIpc) is 1.98. The van der Waals surface area contributed by atoms with Crippen molar-refractivity contribution in [3.8, 4) is 0 Å². The van der Waals surface area contributed by atoms with Gasteiger partial charge in [0.05, 0.1) is 5.92 Å². The largest absolute Gasteiger partial charge is 0.481 e. The van der Waals surface area contributed by atoms with E-state index in [0.29, 0.717) is 6.42 Å². The van der Waals surface area contributed by atoms with Crippen LogP contribution in [0, 0.1) is 11.8 Å². The Kier molecular flexibility index (Phi) is 5.84. The molecule has 12 heavy (non-hydrogen) atoms.